The van der Waals surface area contributed by atoms with Gasteiger partial charge in [-0.05, 0) is 30.5 Å². The number of carbonyl (C=O) groups excluding carboxylic acids is 1. The minimum absolute atomic E-state index is 0.245. The molecule has 0 saturated carbocycles. The monoisotopic (exact) mass is 337 g/mol. The number of anilines is 1. The summed E-state index contributed by atoms with van der Waals surface area (Å²) in [6.45, 7) is 3.00. The Bertz CT molecular complexity index is 576. The standard InChI is InChI=1S/C15H19N3O2S2/c1-2-20-14-13(6-3-7-16-14)18-15(19)17-8-10-21-11-12-5-4-9-22-12/h3-7,9H,2,8,10-11H2,1H3,(H2,17,18,19). The number of amides is 2. The SMILES string of the molecule is CCOc1ncccc1NC(=O)NCCSCc1cccs1. The number of hydrogen-bond acceptors (Lipinski definition) is 5. The molecule has 7 heteroatoms. The van der Waals surface area contributed by atoms with Crippen molar-refractivity contribution in [1.29, 1.82) is 0 Å². The van der Waals surface area contributed by atoms with E-state index in [0.717, 1.165) is 11.5 Å². The first-order valence-electron chi connectivity index (χ1n) is 7.02. The van der Waals surface area contributed by atoms with E-state index in [0.29, 0.717) is 24.7 Å². The Labute approximate surface area is 138 Å². The third-order valence-corrected chi connectivity index (χ3v) is 4.72. The Morgan fingerprint density at radius 2 is 2.32 bits per heavy atom. The van der Waals surface area contributed by atoms with Crippen molar-refractivity contribution in [3.05, 3.63) is 40.7 Å². The van der Waals surface area contributed by atoms with E-state index in [2.05, 4.69) is 33.1 Å². The van der Waals surface area contributed by atoms with Crippen molar-refractivity contribution in [2.75, 3.05) is 24.2 Å². The predicted molar refractivity (Wildman–Crippen MR) is 92.9 cm³/mol. The number of thiophene rings is 1. The summed E-state index contributed by atoms with van der Waals surface area (Å²) < 4.78 is 5.37. The van der Waals surface area contributed by atoms with E-state index in [9.17, 15) is 4.79 Å². The highest BCUT2D eigenvalue weighted by Gasteiger charge is 2.07. The van der Waals surface area contributed by atoms with E-state index >= 15 is 0 Å². The highest BCUT2D eigenvalue weighted by atomic mass is 32.2. The number of rotatable bonds is 8. The van der Waals surface area contributed by atoms with Gasteiger partial charge in [-0.25, -0.2) is 9.78 Å². The fraction of sp³-hybridized carbons (Fsp3) is 0.333. The Kier molecular flexibility index (Phi) is 7.05. The van der Waals surface area contributed by atoms with E-state index in [1.165, 1.54) is 4.88 Å². The molecule has 0 saturated heterocycles. The van der Waals surface area contributed by atoms with Gasteiger partial charge in [-0.1, -0.05) is 6.07 Å². The van der Waals surface area contributed by atoms with Crippen molar-refractivity contribution in [1.82, 2.24) is 10.3 Å². The lowest BCUT2D eigenvalue weighted by molar-refractivity contribution is 0.252. The van der Waals surface area contributed by atoms with Crippen molar-refractivity contribution >= 4 is 34.8 Å². The van der Waals surface area contributed by atoms with Gasteiger partial charge >= 0.3 is 6.03 Å². The highest BCUT2D eigenvalue weighted by molar-refractivity contribution is 7.98. The van der Waals surface area contributed by atoms with Gasteiger partial charge in [-0.15, -0.1) is 11.3 Å². The number of ether oxygens (including phenoxy) is 1. The summed E-state index contributed by atoms with van der Waals surface area (Å²) in [6, 6.07) is 7.45. The van der Waals surface area contributed by atoms with Crippen LogP contribution in [0.3, 0.4) is 0 Å². The molecule has 0 unspecified atom stereocenters. The van der Waals surface area contributed by atoms with Crippen LogP contribution in [0.25, 0.3) is 0 Å². The Balaban J connectivity index is 1.67. The van der Waals surface area contributed by atoms with Crippen LogP contribution in [0.1, 0.15) is 11.8 Å². The van der Waals surface area contributed by atoms with Crippen LogP contribution in [0.15, 0.2) is 35.8 Å². The van der Waals surface area contributed by atoms with Crippen molar-refractivity contribution < 1.29 is 9.53 Å². The topological polar surface area (TPSA) is 63.2 Å². The number of aromatic nitrogens is 1. The molecule has 2 N–H and O–H groups in total. The molecule has 22 heavy (non-hydrogen) atoms. The molecule has 0 bridgehead atoms. The first-order chi connectivity index (χ1) is 10.8. The van der Waals surface area contributed by atoms with Crippen molar-refractivity contribution in [2.45, 2.75) is 12.7 Å². The van der Waals surface area contributed by atoms with Gasteiger partial charge in [-0.3, -0.25) is 0 Å². The second kappa shape index (κ2) is 9.32. The molecule has 2 aromatic heterocycles. The zero-order valence-electron chi connectivity index (χ0n) is 12.4. The molecule has 0 fully saturated rings. The molecular formula is C15H19N3O2S2. The summed E-state index contributed by atoms with van der Waals surface area (Å²) >= 11 is 3.56. The van der Waals surface area contributed by atoms with Crippen molar-refractivity contribution in [2.24, 2.45) is 0 Å². The Morgan fingerprint density at radius 3 is 3.09 bits per heavy atom. The molecule has 0 aromatic carbocycles. The lowest BCUT2D eigenvalue weighted by atomic mass is 10.4. The van der Waals surface area contributed by atoms with Crippen LogP contribution in [-0.4, -0.2) is 29.9 Å². The van der Waals surface area contributed by atoms with Gasteiger partial charge in [0.1, 0.15) is 5.69 Å². The third-order valence-electron chi connectivity index (χ3n) is 2.66. The summed E-state index contributed by atoms with van der Waals surface area (Å²) in [4.78, 5) is 17.3. The van der Waals surface area contributed by atoms with Crippen LogP contribution < -0.4 is 15.4 Å². The van der Waals surface area contributed by atoms with Crippen LogP contribution in [-0.2, 0) is 5.75 Å². The molecular weight excluding hydrogens is 318 g/mol. The summed E-state index contributed by atoms with van der Waals surface area (Å²) in [7, 11) is 0. The summed E-state index contributed by atoms with van der Waals surface area (Å²) in [5.41, 5.74) is 0.577. The van der Waals surface area contributed by atoms with E-state index in [4.69, 9.17) is 4.74 Å². The minimum Gasteiger partial charge on any atom is -0.476 e. The van der Waals surface area contributed by atoms with Crippen LogP contribution in [0.5, 0.6) is 5.88 Å². The average molecular weight is 337 g/mol. The first-order valence-corrected chi connectivity index (χ1v) is 9.06. The fourth-order valence-corrected chi connectivity index (χ4v) is 3.41. The van der Waals surface area contributed by atoms with E-state index in [-0.39, 0.29) is 6.03 Å². The lowest BCUT2D eigenvalue weighted by Gasteiger charge is -2.10. The molecule has 0 spiro atoms. The van der Waals surface area contributed by atoms with Gasteiger partial charge in [0.25, 0.3) is 0 Å². The summed E-state index contributed by atoms with van der Waals surface area (Å²) in [5, 5.41) is 7.66. The van der Waals surface area contributed by atoms with Gasteiger partial charge in [-0.2, -0.15) is 11.8 Å². The molecule has 0 radical (unpaired) electrons. The second-order valence-corrected chi connectivity index (χ2v) is 6.44. The predicted octanol–water partition coefficient (Wildman–Crippen LogP) is 3.60. The van der Waals surface area contributed by atoms with Crippen LogP contribution in [0.2, 0.25) is 0 Å². The normalized spacial score (nSPS) is 10.2. The van der Waals surface area contributed by atoms with Crippen molar-refractivity contribution in [3.63, 3.8) is 0 Å². The Morgan fingerprint density at radius 1 is 1.41 bits per heavy atom. The molecule has 2 rings (SSSR count). The number of carbonyl (C=O) groups is 1. The first kappa shape index (κ1) is 16.6. The second-order valence-electron chi connectivity index (χ2n) is 4.30. The number of thioether (sulfide) groups is 1. The molecule has 0 aliphatic heterocycles. The number of pyridine rings is 1. The number of urea groups is 1. The van der Waals surface area contributed by atoms with Gasteiger partial charge in [0.15, 0.2) is 0 Å². The largest absolute Gasteiger partial charge is 0.476 e. The van der Waals surface area contributed by atoms with Gasteiger partial charge in [0.05, 0.1) is 6.61 Å². The quantitative estimate of drug-likeness (QED) is 0.723. The molecule has 0 aliphatic carbocycles. The van der Waals surface area contributed by atoms with Gasteiger partial charge < -0.3 is 15.4 Å². The Hall–Kier alpha value is -1.73. The highest BCUT2D eigenvalue weighted by Crippen LogP contribution is 2.20. The van der Waals surface area contributed by atoms with Gasteiger partial charge in [0, 0.05) is 29.1 Å². The number of nitrogens with one attached hydrogen (secondary N) is 2. The molecule has 0 aliphatic rings. The minimum atomic E-state index is -0.245. The maximum Gasteiger partial charge on any atom is 0.319 e. The van der Waals surface area contributed by atoms with Crippen LogP contribution in [0.4, 0.5) is 10.5 Å². The smallest absolute Gasteiger partial charge is 0.319 e. The third kappa shape index (κ3) is 5.57. The summed E-state index contributed by atoms with van der Waals surface area (Å²) in [5.74, 6) is 2.29. The summed E-state index contributed by atoms with van der Waals surface area (Å²) in [6.07, 6.45) is 1.63. The fourth-order valence-electron chi connectivity index (χ4n) is 1.71. The van der Waals surface area contributed by atoms with E-state index < -0.39 is 0 Å². The van der Waals surface area contributed by atoms with E-state index in [1.54, 1.807) is 41.4 Å². The maximum atomic E-state index is 11.8. The molecule has 2 amide bonds. The average Bonchev–Trinajstić information content (AvgIpc) is 3.02. The van der Waals surface area contributed by atoms with E-state index in [1.807, 2.05) is 6.92 Å². The van der Waals surface area contributed by atoms with Gasteiger partial charge in [0.2, 0.25) is 5.88 Å². The van der Waals surface area contributed by atoms with Crippen LogP contribution in [0, 0.1) is 0 Å². The molecule has 5 nitrogen and oxygen atoms in total. The zero-order chi connectivity index (χ0) is 15.6. The lowest BCUT2D eigenvalue weighted by Crippen LogP contribution is -2.30. The molecule has 0 atom stereocenters. The van der Waals surface area contributed by atoms with Crippen molar-refractivity contribution in [3.8, 4) is 5.88 Å². The number of nitrogens with zero attached hydrogens (tertiary/aromatic N) is 1. The molecule has 2 heterocycles. The maximum absolute atomic E-state index is 11.8. The molecule has 118 valence electrons. The molecule has 2 aromatic rings. The van der Waals surface area contributed by atoms with Crippen LogP contribution >= 0.6 is 23.1 Å². The number of hydrogen-bond donors (Lipinski definition) is 2. The zero-order valence-corrected chi connectivity index (χ0v) is 14.0.